The molecule has 3 fully saturated rings. The number of carbonyl (C=O) groups is 1. The Morgan fingerprint density at radius 2 is 1.94 bits per heavy atom. The van der Waals surface area contributed by atoms with Gasteiger partial charge in [-0.2, -0.15) is 0 Å². The highest BCUT2D eigenvalue weighted by Gasteiger charge is 2.36. The number of piperidine rings is 3. The number of fused-ring (bicyclic) bond motifs is 3. The largest absolute Gasteiger partial charge is 0.369 e. The molecule has 1 aromatic carbocycles. The van der Waals surface area contributed by atoms with Crippen molar-refractivity contribution in [1.29, 1.82) is 0 Å². The number of benzene rings is 1. The van der Waals surface area contributed by atoms with Gasteiger partial charge in [0, 0.05) is 23.5 Å². The van der Waals surface area contributed by atoms with E-state index in [1.807, 2.05) is 30.3 Å². The van der Waals surface area contributed by atoms with Crippen LogP contribution in [0.15, 0.2) is 34.4 Å². The average molecular weight is 292 g/mol. The fraction of sp³-hybridized carbons (Fsp3) is 0.357. The first-order chi connectivity index (χ1) is 8.25. The number of nitrogens with zero attached hydrogens (tertiary/aromatic N) is 1. The van der Waals surface area contributed by atoms with Gasteiger partial charge >= 0.3 is 0 Å². The summed E-state index contributed by atoms with van der Waals surface area (Å²) in [6.07, 6.45) is 4.09. The van der Waals surface area contributed by atoms with Gasteiger partial charge in [0.05, 0.1) is 5.70 Å². The highest BCUT2D eigenvalue weighted by atomic mass is 79.9. The Bertz CT molecular complexity index is 487. The maximum absolute atomic E-state index is 12.2. The molecule has 2 bridgehead atoms. The molecule has 3 aliphatic heterocycles. The zero-order valence-corrected chi connectivity index (χ0v) is 11.1. The van der Waals surface area contributed by atoms with E-state index < -0.39 is 0 Å². The number of ketones is 1. The number of halogens is 1. The molecule has 17 heavy (non-hydrogen) atoms. The molecule has 2 nitrogen and oxygen atoms in total. The standard InChI is InChI=1S/C14H14BrNO/c15-12-4-2-1-3-11(12)9-13-14(17)10-5-7-16(13)8-6-10/h1-4,9-10H,5-8H2/b13-9+. The van der Waals surface area contributed by atoms with Gasteiger partial charge in [0.2, 0.25) is 0 Å². The van der Waals surface area contributed by atoms with Crippen molar-refractivity contribution in [3.05, 3.63) is 40.0 Å². The van der Waals surface area contributed by atoms with Crippen LogP contribution in [0, 0.1) is 5.92 Å². The number of hydrogen-bond acceptors (Lipinski definition) is 2. The lowest BCUT2D eigenvalue weighted by Gasteiger charge is -2.41. The van der Waals surface area contributed by atoms with Crippen LogP contribution in [0.1, 0.15) is 18.4 Å². The van der Waals surface area contributed by atoms with E-state index in [1.165, 1.54) is 0 Å². The van der Waals surface area contributed by atoms with Crippen LogP contribution in [0.2, 0.25) is 0 Å². The van der Waals surface area contributed by atoms with Gasteiger partial charge in [-0.1, -0.05) is 34.1 Å². The van der Waals surface area contributed by atoms with Crippen molar-refractivity contribution in [2.45, 2.75) is 12.8 Å². The van der Waals surface area contributed by atoms with Crippen LogP contribution < -0.4 is 0 Å². The highest BCUT2D eigenvalue weighted by molar-refractivity contribution is 9.10. The minimum atomic E-state index is 0.272. The Morgan fingerprint density at radius 3 is 2.59 bits per heavy atom. The molecule has 0 saturated carbocycles. The number of rotatable bonds is 1. The first kappa shape index (κ1) is 11.0. The van der Waals surface area contributed by atoms with Crippen molar-refractivity contribution >= 4 is 27.8 Å². The van der Waals surface area contributed by atoms with E-state index in [9.17, 15) is 4.79 Å². The molecule has 0 atom stereocenters. The molecule has 0 spiro atoms. The molecule has 1 aromatic rings. The van der Waals surface area contributed by atoms with E-state index in [1.54, 1.807) is 0 Å². The number of allylic oxidation sites excluding steroid dienone is 1. The minimum absolute atomic E-state index is 0.272. The lowest BCUT2D eigenvalue weighted by atomic mass is 9.84. The van der Waals surface area contributed by atoms with Crippen molar-refractivity contribution in [3.63, 3.8) is 0 Å². The quantitative estimate of drug-likeness (QED) is 0.741. The molecule has 4 rings (SSSR count). The fourth-order valence-corrected chi connectivity index (χ4v) is 3.05. The second-order valence-electron chi connectivity index (χ2n) is 4.68. The Balaban J connectivity index is 1.99. The molecule has 0 amide bonds. The van der Waals surface area contributed by atoms with Crippen LogP contribution in [0.5, 0.6) is 0 Å². The van der Waals surface area contributed by atoms with E-state index in [-0.39, 0.29) is 5.92 Å². The molecule has 0 aromatic heterocycles. The second-order valence-corrected chi connectivity index (χ2v) is 5.53. The fourth-order valence-electron chi connectivity index (χ4n) is 2.65. The van der Waals surface area contributed by atoms with Crippen LogP contribution >= 0.6 is 15.9 Å². The summed E-state index contributed by atoms with van der Waals surface area (Å²) in [6.45, 7) is 2.07. The third-order valence-electron chi connectivity index (χ3n) is 3.66. The van der Waals surface area contributed by atoms with E-state index >= 15 is 0 Å². The van der Waals surface area contributed by atoms with E-state index in [2.05, 4.69) is 20.8 Å². The van der Waals surface area contributed by atoms with Crippen molar-refractivity contribution in [2.24, 2.45) is 5.92 Å². The molecule has 0 aliphatic carbocycles. The van der Waals surface area contributed by atoms with Crippen molar-refractivity contribution in [2.75, 3.05) is 13.1 Å². The molecule has 3 heteroatoms. The molecular weight excluding hydrogens is 278 g/mol. The summed E-state index contributed by atoms with van der Waals surface area (Å²) >= 11 is 3.52. The molecule has 0 N–H and O–H groups in total. The lowest BCUT2D eigenvalue weighted by molar-refractivity contribution is -0.125. The van der Waals surface area contributed by atoms with Gasteiger partial charge in [0.1, 0.15) is 0 Å². The molecule has 3 saturated heterocycles. The van der Waals surface area contributed by atoms with E-state index in [0.29, 0.717) is 5.78 Å². The Labute approximate surface area is 109 Å². The molecule has 0 unspecified atom stereocenters. The molecule has 88 valence electrons. The van der Waals surface area contributed by atoms with Gasteiger partial charge in [0.25, 0.3) is 0 Å². The van der Waals surface area contributed by atoms with Gasteiger partial charge < -0.3 is 4.90 Å². The SMILES string of the molecule is O=C1/C(=C\c2ccccc2Br)N2CCC1CC2. The zero-order chi connectivity index (χ0) is 11.8. The van der Waals surface area contributed by atoms with E-state index in [4.69, 9.17) is 0 Å². The topological polar surface area (TPSA) is 20.3 Å². The highest BCUT2D eigenvalue weighted by Crippen LogP contribution is 2.33. The van der Waals surface area contributed by atoms with Crippen molar-refractivity contribution in [1.82, 2.24) is 4.90 Å². The third-order valence-corrected chi connectivity index (χ3v) is 4.38. The average Bonchev–Trinajstić information content (AvgIpc) is 2.36. The monoisotopic (exact) mass is 291 g/mol. The maximum Gasteiger partial charge on any atom is 0.182 e. The predicted molar refractivity (Wildman–Crippen MR) is 71.4 cm³/mol. The number of hydrogen-bond donors (Lipinski definition) is 0. The summed E-state index contributed by atoms with van der Waals surface area (Å²) in [7, 11) is 0. The maximum atomic E-state index is 12.2. The first-order valence-corrected chi connectivity index (χ1v) is 6.80. The summed E-state index contributed by atoms with van der Waals surface area (Å²) in [4.78, 5) is 14.4. The summed E-state index contributed by atoms with van der Waals surface area (Å²) in [5.41, 5.74) is 1.99. The van der Waals surface area contributed by atoms with Crippen molar-refractivity contribution in [3.8, 4) is 0 Å². The van der Waals surface area contributed by atoms with Gasteiger partial charge in [-0.05, 0) is 30.5 Å². The van der Waals surface area contributed by atoms with Gasteiger partial charge in [-0.15, -0.1) is 0 Å². The number of Topliss-reactive ketones (excluding diaryl/α,β-unsaturated/α-hetero) is 1. The van der Waals surface area contributed by atoms with Crippen LogP contribution in [-0.2, 0) is 4.79 Å². The normalized spacial score (nSPS) is 22.5. The Hall–Kier alpha value is -1.09. The summed E-state index contributed by atoms with van der Waals surface area (Å²) in [6, 6.07) is 8.03. The predicted octanol–water partition coefficient (Wildman–Crippen LogP) is 3.08. The molecule has 3 aliphatic rings. The first-order valence-electron chi connectivity index (χ1n) is 6.01. The van der Waals surface area contributed by atoms with Crippen molar-refractivity contribution < 1.29 is 4.79 Å². The minimum Gasteiger partial charge on any atom is -0.369 e. The molecule has 0 radical (unpaired) electrons. The van der Waals surface area contributed by atoms with E-state index in [0.717, 1.165) is 41.7 Å². The second kappa shape index (κ2) is 4.30. The van der Waals surface area contributed by atoms with Crippen LogP contribution in [-0.4, -0.2) is 23.8 Å². The Kier molecular flexibility index (Phi) is 2.79. The summed E-state index contributed by atoms with van der Waals surface area (Å²) < 4.78 is 1.04. The lowest BCUT2D eigenvalue weighted by Crippen LogP contribution is -2.45. The van der Waals surface area contributed by atoms with Crippen LogP contribution in [0.25, 0.3) is 6.08 Å². The molecule has 3 heterocycles. The number of carbonyl (C=O) groups excluding carboxylic acids is 1. The zero-order valence-electron chi connectivity index (χ0n) is 9.53. The molecular formula is C14H14BrNO. The van der Waals surface area contributed by atoms with Gasteiger partial charge in [-0.3, -0.25) is 4.79 Å². The smallest absolute Gasteiger partial charge is 0.182 e. The van der Waals surface area contributed by atoms with Crippen LogP contribution in [0.3, 0.4) is 0 Å². The summed E-state index contributed by atoms with van der Waals surface area (Å²) in [5.74, 6) is 0.604. The van der Waals surface area contributed by atoms with Gasteiger partial charge in [0.15, 0.2) is 5.78 Å². The van der Waals surface area contributed by atoms with Crippen LogP contribution in [0.4, 0.5) is 0 Å². The summed E-state index contributed by atoms with van der Waals surface area (Å²) in [5, 5.41) is 0. The van der Waals surface area contributed by atoms with Gasteiger partial charge in [-0.25, -0.2) is 0 Å². The third kappa shape index (κ3) is 1.93. The Morgan fingerprint density at radius 1 is 1.24 bits per heavy atom.